The fourth-order valence-electron chi connectivity index (χ4n) is 2.58. The molecule has 23 heavy (non-hydrogen) atoms. The van der Waals surface area contributed by atoms with Gasteiger partial charge in [-0.25, -0.2) is 0 Å². The standard InChI is InChI=1S/C20H25NO2/c1-14(2)17-7-5-6-8-19(17)23-12-11-21-20(22)18-10-9-15(3)13-16(18)4/h5-10,13-14H,11-12H2,1-4H3,(H,21,22). The van der Waals surface area contributed by atoms with Crippen LogP contribution in [0.3, 0.4) is 0 Å². The van der Waals surface area contributed by atoms with E-state index >= 15 is 0 Å². The third-order valence-corrected chi connectivity index (χ3v) is 3.81. The van der Waals surface area contributed by atoms with E-state index < -0.39 is 0 Å². The van der Waals surface area contributed by atoms with E-state index in [1.807, 2.05) is 50.2 Å². The van der Waals surface area contributed by atoms with Crippen molar-refractivity contribution in [3.63, 3.8) is 0 Å². The van der Waals surface area contributed by atoms with E-state index in [0.29, 0.717) is 19.1 Å². The summed E-state index contributed by atoms with van der Waals surface area (Å²) in [5.41, 5.74) is 4.06. The van der Waals surface area contributed by atoms with Gasteiger partial charge >= 0.3 is 0 Å². The summed E-state index contributed by atoms with van der Waals surface area (Å²) in [5.74, 6) is 1.25. The number of para-hydroxylation sites is 1. The molecule has 0 bridgehead atoms. The molecule has 2 aromatic carbocycles. The maximum Gasteiger partial charge on any atom is 0.251 e. The molecule has 0 aromatic heterocycles. The van der Waals surface area contributed by atoms with E-state index in [-0.39, 0.29) is 5.91 Å². The largest absolute Gasteiger partial charge is 0.491 e. The summed E-state index contributed by atoms with van der Waals surface area (Å²) in [5, 5.41) is 2.91. The minimum Gasteiger partial charge on any atom is -0.491 e. The normalized spacial score (nSPS) is 10.7. The smallest absolute Gasteiger partial charge is 0.251 e. The lowest BCUT2D eigenvalue weighted by Gasteiger charge is -2.14. The number of rotatable bonds is 6. The number of nitrogens with one attached hydrogen (secondary N) is 1. The van der Waals surface area contributed by atoms with Crippen molar-refractivity contribution in [1.82, 2.24) is 5.32 Å². The first-order chi connectivity index (χ1) is 11.0. The topological polar surface area (TPSA) is 38.3 Å². The molecule has 2 rings (SSSR count). The van der Waals surface area contributed by atoms with Crippen molar-refractivity contribution in [1.29, 1.82) is 0 Å². The lowest BCUT2D eigenvalue weighted by atomic mass is 10.0. The first-order valence-electron chi connectivity index (χ1n) is 8.06. The van der Waals surface area contributed by atoms with E-state index in [1.54, 1.807) is 0 Å². The molecular formula is C20H25NO2. The zero-order valence-corrected chi connectivity index (χ0v) is 14.3. The van der Waals surface area contributed by atoms with Crippen LogP contribution in [0.5, 0.6) is 5.75 Å². The second-order valence-corrected chi connectivity index (χ2v) is 6.12. The lowest BCUT2D eigenvalue weighted by molar-refractivity contribution is 0.0946. The molecule has 0 aliphatic carbocycles. The Balaban J connectivity index is 1.87. The minimum absolute atomic E-state index is 0.0526. The van der Waals surface area contributed by atoms with Crippen LogP contribution >= 0.6 is 0 Å². The van der Waals surface area contributed by atoms with Crippen LogP contribution in [0.25, 0.3) is 0 Å². The van der Waals surface area contributed by atoms with Crippen LogP contribution < -0.4 is 10.1 Å². The van der Waals surface area contributed by atoms with Gasteiger partial charge in [-0.05, 0) is 43.0 Å². The fraction of sp³-hybridized carbons (Fsp3) is 0.350. The molecule has 3 heteroatoms. The monoisotopic (exact) mass is 311 g/mol. The van der Waals surface area contributed by atoms with Gasteiger partial charge in [0.05, 0.1) is 6.54 Å². The molecule has 0 radical (unpaired) electrons. The highest BCUT2D eigenvalue weighted by Gasteiger charge is 2.09. The maximum absolute atomic E-state index is 12.2. The Bertz CT molecular complexity index is 677. The van der Waals surface area contributed by atoms with Gasteiger partial charge in [-0.2, -0.15) is 0 Å². The number of hydrogen-bond donors (Lipinski definition) is 1. The molecule has 0 heterocycles. The van der Waals surface area contributed by atoms with Gasteiger partial charge in [-0.15, -0.1) is 0 Å². The fourth-order valence-corrected chi connectivity index (χ4v) is 2.58. The van der Waals surface area contributed by atoms with Crippen LogP contribution in [0.1, 0.15) is 46.8 Å². The molecule has 2 aromatic rings. The van der Waals surface area contributed by atoms with Gasteiger partial charge < -0.3 is 10.1 Å². The second-order valence-electron chi connectivity index (χ2n) is 6.12. The van der Waals surface area contributed by atoms with Gasteiger partial charge in [0.1, 0.15) is 12.4 Å². The van der Waals surface area contributed by atoms with Gasteiger partial charge in [-0.1, -0.05) is 49.7 Å². The highest BCUT2D eigenvalue weighted by atomic mass is 16.5. The van der Waals surface area contributed by atoms with E-state index in [9.17, 15) is 4.79 Å². The molecule has 1 N–H and O–H groups in total. The summed E-state index contributed by atoms with van der Waals surface area (Å²) in [6, 6.07) is 13.9. The van der Waals surface area contributed by atoms with E-state index in [0.717, 1.165) is 22.4 Å². The Hall–Kier alpha value is -2.29. The van der Waals surface area contributed by atoms with Gasteiger partial charge in [0.15, 0.2) is 0 Å². The highest BCUT2D eigenvalue weighted by Crippen LogP contribution is 2.25. The number of hydrogen-bond acceptors (Lipinski definition) is 2. The van der Waals surface area contributed by atoms with Crippen LogP contribution in [0.2, 0.25) is 0 Å². The molecular weight excluding hydrogens is 286 g/mol. The number of amides is 1. The summed E-state index contributed by atoms with van der Waals surface area (Å²) in [6.45, 7) is 9.21. The van der Waals surface area contributed by atoms with Crippen LogP contribution in [0.15, 0.2) is 42.5 Å². The van der Waals surface area contributed by atoms with Crippen molar-refractivity contribution in [2.75, 3.05) is 13.2 Å². The highest BCUT2D eigenvalue weighted by molar-refractivity contribution is 5.95. The van der Waals surface area contributed by atoms with Crippen LogP contribution in [0, 0.1) is 13.8 Å². The predicted octanol–water partition coefficient (Wildman–Crippen LogP) is 4.24. The Morgan fingerprint density at radius 2 is 1.87 bits per heavy atom. The molecule has 0 aliphatic heterocycles. The zero-order valence-electron chi connectivity index (χ0n) is 14.3. The van der Waals surface area contributed by atoms with Crippen molar-refractivity contribution in [2.45, 2.75) is 33.6 Å². The Morgan fingerprint density at radius 3 is 2.57 bits per heavy atom. The lowest BCUT2D eigenvalue weighted by Crippen LogP contribution is -2.28. The number of aryl methyl sites for hydroxylation is 2. The third-order valence-electron chi connectivity index (χ3n) is 3.81. The molecule has 0 aliphatic rings. The number of benzene rings is 2. The van der Waals surface area contributed by atoms with Crippen LogP contribution in [-0.2, 0) is 0 Å². The van der Waals surface area contributed by atoms with Crippen molar-refractivity contribution >= 4 is 5.91 Å². The van der Waals surface area contributed by atoms with Crippen molar-refractivity contribution in [3.05, 3.63) is 64.7 Å². The second kappa shape index (κ2) is 7.82. The molecule has 0 unspecified atom stereocenters. The SMILES string of the molecule is Cc1ccc(C(=O)NCCOc2ccccc2C(C)C)c(C)c1. The predicted molar refractivity (Wildman–Crippen MR) is 94.3 cm³/mol. The maximum atomic E-state index is 12.2. The van der Waals surface area contributed by atoms with Crippen LogP contribution in [-0.4, -0.2) is 19.1 Å². The number of carbonyl (C=O) groups excluding carboxylic acids is 1. The average molecular weight is 311 g/mol. The molecule has 0 atom stereocenters. The van der Waals surface area contributed by atoms with E-state index in [4.69, 9.17) is 4.74 Å². The number of ether oxygens (including phenoxy) is 1. The molecule has 1 amide bonds. The van der Waals surface area contributed by atoms with Gasteiger partial charge in [0, 0.05) is 5.56 Å². The first kappa shape index (κ1) is 17.1. The van der Waals surface area contributed by atoms with Gasteiger partial charge in [0.2, 0.25) is 0 Å². The summed E-state index contributed by atoms with van der Waals surface area (Å²) >= 11 is 0. The third kappa shape index (κ3) is 4.59. The Morgan fingerprint density at radius 1 is 1.13 bits per heavy atom. The first-order valence-corrected chi connectivity index (χ1v) is 8.06. The zero-order chi connectivity index (χ0) is 16.8. The van der Waals surface area contributed by atoms with Crippen LogP contribution in [0.4, 0.5) is 0 Å². The molecule has 0 saturated heterocycles. The Labute approximate surface area is 138 Å². The Kier molecular flexibility index (Phi) is 5.80. The molecule has 3 nitrogen and oxygen atoms in total. The molecule has 0 fully saturated rings. The van der Waals surface area contributed by atoms with Crippen molar-refractivity contribution in [3.8, 4) is 5.75 Å². The van der Waals surface area contributed by atoms with Crippen molar-refractivity contribution in [2.24, 2.45) is 0 Å². The molecule has 0 spiro atoms. The average Bonchev–Trinajstić information content (AvgIpc) is 2.51. The summed E-state index contributed by atoms with van der Waals surface area (Å²) in [4.78, 5) is 12.2. The van der Waals surface area contributed by atoms with Gasteiger partial charge in [-0.3, -0.25) is 4.79 Å². The summed E-state index contributed by atoms with van der Waals surface area (Å²) in [7, 11) is 0. The van der Waals surface area contributed by atoms with Crippen molar-refractivity contribution < 1.29 is 9.53 Å². The summed E-state index contributed by atoms with van der Waals surface area (Å²) in [6.07, 6.45) is 0. The molecule has 122 valence electrons. The summed E-state index contributed by atoms with van der Waals surface area (Å²) < 4.78 is 5.82. The minimum atomic E-state index is -0.0526. The molecule has 0 saturated carbocycles. The van der Waals surface area contributed by atoms with E-state index in [2.05, 4.69) is 25.2 Å². The number of carbonyl (C=O) groups is 1. The quantitative estimate of drug-likeness (QED) is 0.811. The van der Waals surface area contributed by atoms with E-state index in [1.165, 1.54) is 5.56 Å². The van der Waals surface area contributed by atoms with Gasteiger partial charge in [0.25, 0.3) is 5.91 Å².